The van der Waals surface area contributed by atoms with Gasteiger partial charge in [0.1, 0.15) is 42.0 Å². The number of rotatable bonds is 15. The van der Waals surface area contributed by atoms with Crippen molar-refractivity contribution in [2.45, 2.75) is 121 Å². The van der Waals surface area contributed by atoms with E-state index in [1.807, 2.05) is 13.8 Å². The van der Waals surface area contributed by atoms with Crippen LogP contribution in [0, 0.1) is 11.8 Å². The number of benzene rings is 1. The molecule has 0 aromatic heterocycles. The van der Waals surface area contributed by atoms with Gasteiger partial charge in [-0.3, -0.25) is 43.2 Å². The number of hydrogen-bond donors (Lipinski definition) is 9. The number of carbonyl (C=O) groups is 10. The number of thioether (sulfide) groups is 1. The summed E-state index contributed by atoms with van der Waals surface area (Å²) in [6.07, 6.45) is -3.88. The first-order valence-corrected chi connectivity index (χ1v) is 22.7. The molecule has 0 saturated carbocycles. The number of nitrogens with one attached hydrogen (secondary N) is 6. The summed E-state index contributed by atoms with van der Waals surface area (Å²) in [5, 5.41) is 23.0. The van der Waals surface area contributed by atoms with Gasteiger partial charge >= 0.3 is 12.1 Å². The van der Waals surface area contributed by atoms with Crippen LogP contribution in [0.15, 0.2) is 24.3 Å². The van der Waals surface area contributed by atoms with E-state index in [9.17, 15) is 56.3 Å². The minimum atomic E-state index is -5.08. The zero-order valence-corrected chi connectivity index (χ0v) is 38.8. The molecule has 1 aromatic carbocycles. The molecule has 2 aliphatic heterocycles. The smallest absolute Gasteiger partial charge is 0.490 e. The molecular formula is C42H62F3N9O12S. The highest BCUT2D eigenvalue weighted by Crippen LogP contribution is 2.22. The van der Waals surface area contributed by atoms with Crippen molar-refractivity contribution in [1.29, 1.82) is 0 Å². The van der Waals surface area contributed by atoms with Crippen LogP contribution < -0.4 is 48.1 Å². The number of carboxylic acids is 1. The van der Waals surface area contributed by atoms with Gasteiger partial charge in [-0.1, -0.05) is 46.2 Å². The second kappa shape index (κ2) is 27.5. The first-order valence-electron chi connectivity index (χ1n) is 21.5. The highest BCUT2D eigenvalue weighted by atomic mass is 32.2. The van der Waals surface area contributed by atoms with Gasteiger partial charge in [-0.15, -0.1) is 0 Å². The minimum Gasteiger partial charge on any atom is -0.497 e. The Morgan fingerprint density at radius 3 is 2.09 bits per heavy atom. The van der Waals surface area contributed by atoms with Crippen LogP contribution in [0.4, 0.5) is 13.2 Å². The second-order valence-electron chi connectivity index (χ2n) is 16.4. The van der Waals surface area contributed by atoms with Crippen LogP contribution in [-0.2, 0) is 54.4 Å². The number of aliphatic carboxylic acids is 1. The fraction of sp³-hybridized carbons (Fsp3) is 0.619. The van der Waals surface area contributed by atoms with Crippen molar-refractivity contribution in [1.82, 2.24) is 36.8 Å². The van der Waals surface area contributed by atoms with Crippen molar-refractivity contribution in [3.05, 3.63) is 29.8 Å². The normalized spacial score (nSPS) is 21.9. The van der Waals surface area contributed by atoms with Gasteiger partial charge in [-0.25, -0.2) is 4.79 Å². The molecule has 21 nitrogen and oxygen atoms in total. The molecular weight excluding hydrogens is 912 g/mol. The summed E-state index contributed by atoms with van der Waals surface area (Å²) in [5.41, 5.74) is 11.4. The topological polar surface area (TPSA) is 328 Å². The summed E-state index contributed by atoms with van der Waals surface area (Å²) >= 11 is 1.26. The van der Waals surface area contributed by atoms with Gasteiger partial charge in [0.05, 0.1) is 20.1 Å². The summed E-state index contributed by atoms with van der Waals surface area (Å²) in [4.78, 5) is 130. The van der Waals surface area contributed by atoms with Gasteiger partial charge in [0.2, 0.25) is 53.2 Å². The van der Waals surface area contributed by atoms with E-state index in [1.54, 1.807) is 38.1 Å². The van der Waals surface area contributed by atoms with Crippen molar-refractivity contribution >= 4 is 70.9 Å². The Bertz CT molecular complexity index is 1930. The molecule has 25 heteroatoms. The molecule has 0 bridgehead atoms. The van der Waals surface area contributed by atoms with Gasteiger partial charge in [0, 0.05) is 25.1 Å². The molecule has 67 heavy (non-hydrogen) atoms. The monoisotopic (exact) mass is 973 g/mol. The van der Waals surface area contributed by atoms with E-state index in [0.717, 1.165) is 5.56 Å². The van der Waals surface area contributed by atoms with Crippen molar-refractivity contribution in [2.75, 3.05) is 31.7 Å². The lowest BCUT2D eigenvalue weighted by Crippen LogP contribution is -2.61. The van der Waals surface area contributed by atoms with Gasteiger partial charge in [-0.05, 0) is 61.0 Å². The Labute approximate surface area is 389 Å². The Hall–Kier alpha value is -6.14. The Kier molecular flexibility index (Phi) is 23.4. The quantitative estimate of drug-likeness (QED) is 0.106. The number of methoxy groups -OCH3 is 1. The van der Waals surface area contributed by atoms with Crippen LogP contribution in [0.25, 0.3) is 0 Å². The third kappa shape index (κ3) is 19.7. The third-order valence-corrected chi connectivity index (χ3v) is 11.7. The number of carboxylic acid groups (broad SMARTS) is 1. The van der Waals surface area contributed by atoms with Crippen LogP contribution in [0.5, 0.6) is 5.75 Å². The van der Waals surface area contributed by atoms with Crippen LogP contribution in [0.3, 0.4) is 0 Å². The van der Waals surface area contributed by atoms with Crippen molar-refractivity contribution in [3.8, 4) is 5.75 Å². The molecule has 9 amide bonds. The summed E-state index contributed by atoms with van der Waals surface area (Å²) in [5.74, 6) is -8.51. The van der Waals surface area contributed by atoms with Gasteiger partial charge in [-0.2, -0.15) is 24.9 Å². The number of hydrogen-bond acceptors (Lipinski definition) is 12. The highest BCUT2D eigenvalue weighted by Gasteiger charge is 2.41. The molecule has 374 valence electrons. The van der Waals surface area contributed by atoms with Crippen molar-refractivity contribution in [3.63, 3.8) is 0 Å². The first-order chi connectivity index (χ1) is 31.4. The van der Waals surface area contributed by atoms with Crippen LogP contribution in [-0.4, -0.2) is 143 Å². The maximum absolute atomic E-state index is 14.3. The van der Waals surface area contributed by atoms with Gasteiger partial charge < -0.3 is 58.1 Å². The number of nitrogens with two attached hydrogens (primary N) is 2. The lowest BCUT2D eigenvalue weighted by molar-refractivity contribution is -0.192. The van der Waals surface area contributed by atoms with E-state index >= 15 is 0 Å². The molecule has 0 radical (unpaired) electrons. The average molecular weight is 974 g/mol. The SMILES string of the molecule is CC[C@H](C)[C@@H]1NC(=O)[C@H](Cc2ccc(OC)cc2)NC(=O)CCCSC[C@@H](C(=O)N2CCC[C@H]2C(=O)N[C@@H](CC(C)C)C(=O)NCC(N)=O)NC(=O)[C@H](CC(N)=O)NC1=O.O=C(O)C(F)(F)F. The van der Waals surface area contributed by atoms with E-state index in [4.69, 9.17) is 26.1 Å². The predicted molar refractivity (Wildman–Crippen MR) is 236 cm³/mol. The van der Waals surface area contributed by atoms with E-state index < -0.39 is 120 Å². The van der Waals surface area contributed by atoms with Crippen molar-refractivity contribution < 1.29 is 71.0 Å². The summed E-state index contributed by atoms with van der Waals surface area (Å²) in [7, 11) is 1.52. The molecule has 0 aliphatic carbocycles. The average Bonchev–Trinajstić information content (AvgIpc) is 3.75. The first kappa shape index (κ1) is 57.0. The third-order valence-electron chi connectivity index (χ3n) is 10.5. The molecule has 2 aliphatic rings. The summed E-state index contributed by atoms with van der Waals surface area (Å²) < 4.78 is 37.0. The number of nitrogens with zero attached hydrogens (tertiary/aromatic N) is 1. The van der Waals surface area contributed by atoms with Crippen molar-refractivity contribution in [2.24, 2.45) is 23.3 Å². The van der Waals surface area contributed by atoms with E-state index in [0.29, 0.717) is 30.8 Å². The Balaban J connectivity index is 0.00000203. The maximum Gasteiger partial charge on any atom is 0.490 e. The molecule has 0 spiro atoms. The summed E-state index contributed by atoms with van der Waals surface area (Å²) in [6.45, 7) is 6.97. The lowest BCUT2D eigenvalue weighted by Gasteiger charge is -2.31. The molecule has 3 rings (SSSR count). The van der Waals surface area contributed by atoms with E-state index in [2.05, 4.69) is 31.9 Å². The Morgan fingerprint density at radius 1 is 0.910 bits per heavy atom. The largest absolute Gasteiger partial charge is 0.497 e. The number of alkyl halides is 3. The second-order valence-corrected chi connectivity index (χ2v) is 17.5. The van der Waals surface area contributed by atoms with Gasteiger partial charge in [0.25, 0.3) is 0 Å². The number of halogens is 3. The zero-order chi connectivity index (χ0) is 50.6. The maximum atomic E-state index is 14.3. The van der Waals surface area contributed by atoms with E-state index in [-0.39, 0.29) is 43.9 Å². The minimum absolute atomic E-state index is 0.00457. The van der Waals surface area contributed by atoms with Crippen LogP contribution >= 0.6 is 11.8 Å². The zero-order valence-electron chi connectivity index (χ0n) is 38.0. The molecule has 1 aromatic rings. The predicted octanol–water partition coefficient (Wildman–Crippen LogP) is -0.618. The molecule has 0 unspecified atom stereocenters. The van der Waals surface area contributed by atoms with Crippen LogP contribution in [0.2, 0.25) is 0 Å². The fourth-order valence-corrected chi connectivity index (χ4v) is 7.83. The van der Waals surface area contributed by atoms with Crippen LogP contribution in [0.1, 0.15) is 78.2 Å². The standard InChI is InChI=1S/C40H61N9O10S.C2HF3O2/c1-6-23(4)34-39(57)46-28(19-31(41)50)36(54)47-29(21-60-16-8-10-33(52)44-27(37(55)48-34)18-24-11-13-25(59-5)14-12-24)40(58)49-15-7-9-30(49)38(56)45-26(17-22(2)3)35(53)43-20-32(42)51;3-2(4,5)1(6)7/h11-14,22-23,26-30,34H,6-10,15-21H2,1-5H3,(H2,41,50)(H2,42,51)(H,43,53)(H,44,52)(H,45,56)(H,46,57)(H,47,54)(H,48,55);(H,6,7)/t23-,26-,27-,28-,29-,30-,34-;/m0./s1. The highest BCUT2D eigenvalue weighted by molar-refractivity contribution is 7.99. The number of amides is 9. The number of likely N-dealkylation sites (tertiary alicyclic amines) is 1. The molecule has 7 atom stereocenters. The summed E-state index contributed by atoms with van der Waals surface area (Å²) in [6, 6.07) is -0.131. The Morgan fingerprint density at radius 2 is 1.54 bits per heavy atom. The van der Waals surface area contributed by atoms with E-state index in [1.165, 1.54) is 23.8 Å². The number of ether oxygens (including phenoxy) is 1. The molecule has 11 N–H and O–H groups in total. The molecule has 2 fully saturated rings. The molecule has 2 saturated heterocycles. The molecule has 2 heterocycles. The number of carbonyl (C=O) groups excluding carboxylic acids is 9. The fourth-order valence-electron chi connectivity index (χ4n) is 6.86. The number of primary amides is 2. The van der Waals surface area contributed by atoms with Gasteiger partial charge in [0.15, 0.2) is 0 Å². The lowest BCUT2D eigenvalue weighted by atomic mass is 9.96.